The minimum Gasteiger partial charge on any atom is -0.330 e. The summed E-state index contributed by atoms with van der Waals surface area (Å²) in [6.07, 6.45) is 8.16. The van der Waals surface area contributed by atoms with E-state index in [-0.39, 0.29) is 0 Å². The molecule has 0 saturated heterocycles. The predicted molar refractivity (Wildman–Crippen MR) is 58.6 cm³/mol. The molecular weight excluding hydrogens is 158 g/mol. The highest BCUT2D eigenvalue weighted by Gasteiger charge is 2.28. The third-order valence-electron chi connectivity index (χ3n) is 3.78. The van der Waals surface area contributed by atoms with Gasteiger partial charge in [0.2, 0.25) is 0 Å². The largest absolute Gasteiger partial charge is 0.330 e. The van der Waals surface area contributed by atoms with Crippen molar-refractivity contribution in [3.8, 4) is 0 Å². The molecule has 0 aliphatic heterocycles. The van der Waals surface area contributed by atoms with Crippen LogP contribution in [-0.4, -0.2) is 6.54 Å². The van der Waals surface area contributed by atoms with Gasteiger partial charge in [0.15, 0.2) is 0 Å². The standard InChI is InChI=1S/C12H25N/c1-11(2)6-4-5-7-12(3,10-13)9-8-11/h4-10,13H2,1-3H3. The second kappa shape index (κ2) is 4.00. The highest BCUT2D eigenvalue weighted by Crippen LogP contribution is 2.39. The zero-order chi connectivity index (χ0) is 9.95. The van der Waals surface area contributed by atoms with E-state index in [1.165, 1.54) is 38.5 Å². The van der Waals surface area contributed by atoms with Gasteiger partial charge in [-0.25, -0.2) is 0 Å². The quantitative estimate of drug-likeness (QED) is 0.663. The van der Waals surface area contributed by atoms with Crippen LogP contribution in [-0.2, 0) is 0 Å². The van der Waals surface area contributed by atoms with Crippen molar-refractivity contribution in [3.05, 3.63) is 0 Å². The van der Waals surface area contributed by atoms with E-state index in [1.807, 2.05) is 0 Å². The molecule has 2 N–H and O–H groups in total. The molecular formula is C12H25N. The molecule has 1 unspecified atom stereocenters. The molecule has 0 radical (unpaired) electrons. The van der Waals surface area contributed by atoms with E-state index in [2.05, 4.69) is 20.8 Å². The maximum absolute atomic E-state index is 5.85. The van der Waals surface area contributed by atoms with Crippen LogP contribution in [0.15, 0.2) is 0 Å². The summed E-state index contributed by atoms with van der Waals surface area (Å²) < 4.78 is 0. The first-order valence-electron chi connectivity index (χ1n) is 5.68. The van der Waals surface area contributed by atoms with Crippen molar-refractivity contribution < 1.29 is 0 Å². The minimum absolute atomic E-state index is 0.428. The van der Waals surface area contributed by atoms with E-state index in [9.17, 15) is 0 Å². The molecule has 78 valence electrons. The van der Waals surface area contributed by atoms with Crippen molar-refractivity contribution in [1.29, 1.82) is 0 Å². The van der Waals surface area contributed by atoms with Crippen molar-refractivity contribution in [2.45, 2.75) is 59.3 Å². The molecule has 1 aliphatic carbocycles. The van der Waals surface area contributed by atoms with Crippen LogP contribution in [0.5, 0.6) is 0 Å². The van der Waals surface area contributed by atoms with Crippen molar-refractivity contribution in [2.24, 2.45) is 16.6 Å². The molecule has 0 aromatic rings. The molecule has 1 saturated carbocycles. The van der Waals surface area contributed by atoms with Gasteiger partial charge >= 0.3 is 0 Å². The molecule has 13 heavy (non-hydrogen) atoms. The summed E-state index contributed by atoms with van der Waals surface area (Å²) in [7, 11) is 0. The Kier molecular flexibility index (Phi) is 3.39. The minimum atomic E-state index is 0.428. The van der Waals surface area contributed by atoms with Gasteiger partial charge in [0.25, 0.3) is 0 Å². The van der Waals surface area contributed by atoms with Crippen molar-refractivity contribution in [2.75, 3.05) is 6.54 Å². The van der Waals surface area contributed by atoms with E-state index in [0.717, 1.165) is 6.54 Å². The molecule has 0 heterocycles. The summed E-state index contributed by atoms with van der Waals surface area (Å²) >= 11 is 0. The molecule has 0 aromatic heterocycles. The van der Waals surface area contributed by atoms with Gasteiger partial charge in [-0.3, -0.25) is 0 Å². The van der Waals surface area contributed by atoms with Gasteiger partial charge in [0.05, 0.1) is 0 Å². The van der Waals surface area contributed by atoms with Gasteiger partial charge < -0.3 is 5.73 Å². The van der Waals surface area contributed by atoms with E-state index in [4.69, 9.17) is 5.73 Å². The predicted octanol–water partition coefficient (Wildman–Crippen LogP) is 3.33. The van der Waals surface area contributed by atoms with Crippen LogP contribution in [0.1, 0.15) is 59.3 Å². The summed E-state index contributed by atoms with van der Waals surface area (Å²) in [5, 5.41) is 0. The molecule has 1 heteroatoms. The lowest BCUT2D eigenvalue weighted by atomic mass is 9.71. The van der Waals surface area contributed by atoms with Crippen molar-refractivity contribution in [3.63, 3.8) is 0 Å². The van der Waals surface area contributed by atoms with Gasteiger partial charge in [-0.2, -0.15) is 0 Å². The van der Waals surface area contributed by atoms with E-state index >= 15 is 0 Å². The molecule has 1 nitrogen and oxygen atoms in total. The van der Waals surface area contributed by atoms with Crippen LogP contribution in [0, 0.1) is 10.8 Å². The first kappa shape index (κ1) is 11.0. The molecule has 1 rings (SSSR count). The lowest BCUT2D eigenvalue weighted by molar-refractivity contribution is 0.171. The van der Waals surface area contributed by atoms with Crippen LogP contribution in [0.25, 0.3) is 0 Å². The molecule has 0 bridgehead atoms. The average molecular weight is 183 g/mol. The Bertz CT molecular complexity index is 163. The maximum Gasteiger partial charge on any atom is -0.00232 e. The first-order valence-corrected chi connectivity index (χ1v) is 5.68. The molecule has 1 fully saturated rings. The van der Waals surface area contributed by atoms with Crippen LogP contribution in [0.2, 0.25) is 0 Å². The topological polar surface area (TPSA) is 26.0 Å². The Morgan fingerprint density at radius 1 is 0.923 bits per heavy atom. The summed E-state index contributed by atoms with van der Waals surface area (Å²) in [5.41, 5.74) is 6.83. The third kappa shape index (κ3) is 3.30. The highest BCUT2D eigenvalue weighted by atomic mass is 14.6. The first-order chi connectivity index (χ1) is 5.97. The molecule has 0 aromatic carbocycles. The van der Waals surface area contributed by atoms with Gasteiger partial charge in [0.1, 0.15) is 0 Å². The van der Waals surface area contributed by atoms with Crippen LogP contribution in [0.4, 0.5) is 0 Å². The highest BCUT2D eigenvalue weighted by molar-refractivity contribution is 4.82. The summed E-state index contributed by atoms with van der Waals surface area (Å²) in [4.78, 5) is 0. The number of rotatable bonds is 1. The van der Waals surface area contributed by atoms with Gasteiger partial charge in [0, 0.05) is 0 Å². The Hall–Kier alpha value is -0.0400. The van der Waals surface area contributed by atoms with Gasteiger partial charge in [-0.15, -0.1) is 0 Å². The fourth-order valence-corrected chi connectivity index (χ4v) is 2.25. The number of hydrogen-bond acceptors (Lipinski definition) is 1. The fraction of sp³-hybridized carbons (Fsp3) is 1.00. The fourth-order valence-electron chi connectivity index (χ4n) is 2.25. The molecule has 1 atom stereocenters. The average Bonchev–Trinajstić information content (AvgIpc) is 2.08. The zero-order valence-corrected chi connectivity index (χ0v) is 9.53. The van der Waals surface area contributed by atoms with Crippen LogP contribution < -0.4 is 5.73 Å². The van der Waals surface area contributed by atoms with E-state index in [1.54, 1.807) is 0 Å². The van der Waals surface area contributed by atoms with Gasteiger partial charge in [-0.1, -0.05) is 33.6 Å². The zero-order valence-electron chi connectivity index (χ0n) is 9.53. The summed E-state index contributed by atoms with van der Waals surface area (Å²) in [6, 6.07) is 0. The van der Waals surface area contributed by atoms with Crippen molar-refractivity contribution >= 4 is 0 Å². The lowest BCUT2D eigenvalue weighted by Crippen LogP contribution is -2.30. The summed E-state index contributed by atoms with van der Waals surface area (Å²) in [5.74, 6) is 0. The Labute approximate surface area is 83.1 Å². The third-order valence-corrected chi connectivity index (χ3v) is 3.78. The second-order valence-electron chi connectivity index (χ2n) is 5.89. The second-order valence-corrected chi connectivity index (χ2v) is 5.89. The van der Waals surface area contributed by atoms with Crippen LogP contribution >= 0.6 is 0 Å². The van der Waals surface area contributed by atoms with Gasteiger partial charge in [-0.05, 0) is 43.1 Å². The Balaban J connectivity index is 2.55. The lowest BCUT2D eigenvalue weighted by Gasteiger charge is -2.36. The van der Waals surface area contributed by atoms with E-state index in [0.29, 0.717) is 10.8 Å². The number of hydrogen-bond donors (Lipinski definition) is 1. The monoisotopic (exact) mass is 183 g/mol. The smallest absolute Gasteiger partial charge is 0.00232 e. The molecule has 1 aliphatic rings. The Morgan fingerprint density at radius 2 is 1.54 bits per heavy atom. The SMILES string of the molecule is CC1(C)CCCCC(C)(CN)CC1. The molecule has 0 spiro atoms. The van der Waals surface area contributed by atoms with Crippen LogP contribution in [0.3, 0.4) is 0 Å². The Morgan fingerprint density at radius 3 is 2.15 bits per heavy atom. The number of nitrogens with two attached hydrogens (primary N) is 1. The van der Waals surface area contributed by atoms with E-state index < -0.39 is 0 Å². The van der Waals surface area contributed by atoms with Crippen molar-refractivity contribution in [1.82, 2.24) is 0 Å². The molecule has 0 amide bonds. The summed E-state index contributed by atoms with van der Waals surface area (Å²) in [6.45, 7) is 8.02. The normalized spacial score (nSPS) is 35.1. The maximum atomic E-state index is 5.85.